The molecule has 1 N–H and O–H groups in total. The summed E-state index contributed by atoms with van der Waals surface area (Å²) in [4.78, 5) is 24.4. The molecule has 0 saturated carbocycles. The van der Waals surface area contributed by atoms with Crippen LogP contribution in [-0.2, 0) is 14.9 Å². The fraction of sp³-hybridized carbons (Fsp3) is 0.500. The summed E-state index contributed by atoms with van der Waals surface area (Å²) in [5.74, 6) is -0.0647. The summed E-state index contributed by atoms with van der Waals surface area (Å²) in [6.07, 6.45) is -0.499. The van der Waals surface area contributed by atoms with Gasteiger partial charge < -0.3 is 15.0 Å². The molecule has 5 nitrogen and oxygen atoms in total. The van der Waals surface area contributed by atoms with E-state index in [2.05, 4.69) is 30.8 Å². The summed E-state index contributed by atoms with van der Waals surface area (Å²) >= 11 is 0. The molecule has 0 unspecified atom stereocenters. The highest BCUT2D eigenvalue weighted by Gasteiger charge is 2.16. The van der Waals surface area contributed by atoms with Crippen LogP contribution in [0, 0.1) is 0 Å². The molecule has 1 aromatic carbocycles. The van der Waals surface area contributed by atoms with Gasteiger partial charge in [0.1, 0.15) is 0 Å². The van der Waals surface area contributed by atoms with Crippen molar-refractivity contribution in [3.63, 3.8) is 0 Å². The molecule has 0 radical (unpaired) electrons. The lowest BCUT2D eigenvalue weighted by Crippen LogP contribution is -2.37. The second-order valence-corrected chi connectivity index (χ2v) is 5.89. The third-order valence-corrected chi connectivity index (χ3v) is 3.22. The number of nitrogens with one attached hydrogen (secondary N) is 1. The molecule has 0 aliphatic rings. The van der Waals surface area contributed by atoms with E-state index in [1.165, 1.54) is 19.6 Å². The normalized spacial score (nSPS) is 10.9. The van der Waals surface area contributed by atoms with Crippen molar-refractivity contribution >= 4 is 17.7 Å². The first-order valence-electron chi connectivity index (χ1n) is 6.96. The number of carbonyl (C=O) groups excluding carboxylic acids is 2. The number of anilines is 1. The highest BCUT2D eigenvalue weighted by Crippen LogP contribution is 2.24. The smallest absolute Gasteiger partial charge is 0.406 e. The number of ether oxygens (including phenoxy) is 1. The Hall–Kier alpha value is -2.04. The van der Waals surface area contributed by atoms with E-state index in [-0.39, 0.29) is 11.3 Å². The van der Waals surface area contributed by atoms with Gasteiger partial charge in [0, 0.05) is 25.7 Å². The van der Waals surface area contributed by atoms with E-state index in [4.69, 9.17) is 0 Å². The molecule has 0 aromatic heterocycles. The second-order valence-electron chi connectivity index (χ2n) is 5.89. The minimum atomic E-state index is -0.499. The zero-order chi connectivity index (χ0) is 16.0. The average Bonchev–Trinajstić information content (AvgIpc) is 2.42. The van der Waals surface area contributed by atoms with Gasteiger partial charge in [-0.3, -0.25) is 4.79 Å². The lowest BCUT2D eigenvalue weighted by Gasteiger charge is -2.24. The van der Waals surface area contributed by atoms with Gasteiger partial charge in [0.05, 0.1) is 7.11 Å². The summed E-state index contributed by atoms with van der Waals surface area (Å²) in [5, 5.41) is 2.57. The van der Waals surface area contributed by atoms with Crippen molar-refractivity contribution in [2.75, 3.05) is 25.1 Å². The monoisotopic (exact) mass is 292 g/mol. The maximum atomic E-state index is 11.8. The number of methoxy groups -OCH3 is 1. The summed E-state index contributed by atoms with van der Waals surface area (Å²) in [7, 11) is 1.31. The van der Waals surface area contributed by atoms with Gasteiger partial charge in [-0.1, -0.05) is 32.9 Å². The van der Waals surface area contributed by atoms with Crippen molar-refractivity contribution in [2.45, 2.75) is 33.1 Å². The van der Waals surface area contributed by atoms with E-state index in [1.807, 2.05) is 24.3 Å². The zero-order valence-corrected chi connectivity index (χ0v) is 13.4. The molecule has 0 aliphatic carbocycles. The number of nitrogens with zero attached hydrogens (tertiary/aromatic N) is 1. The van der Waals surface area contributed by atoms with E-state index in [1.54, 1.807) is 4.90 Å². The highest BCUT2D eigenvalue weighted by molar-refractivity contribution is 5.91. The highest BCUT2D eigenvalue weighted by atomic mass is 16.5. The lowest BCUT2D eigenvalue weighted by atomic mass is 9.87. The van der Waals surface area contributed by atoms with Crippen molar-refractivity contribution in [2.24, 2.45) is 0 Å². The van der Waals surface area contributed by atoms with Gasteiger partial charge in [-0.15, -0.1) is 0 Å². The second kappa shape index (κ2) is 7.11. The van der Waals surface area contributed by atoms with Gasteiger partial charge in [-0.2, -0.15) is 0 Å². The Kier molecular flexibility index (Phi) is 5.76. The van der Waals surface area contributed by atoms with E-state index in [0.717, 1.165) is 5.69 Å². The number of carbonyl (C=O) groups is 2. The minimum absolute atomic E-state index is 0.0647. The number of alkyl carbamates (subject to hydrolysis) is 1. The maximum absolute atomic E-state index is 11.8. The zero-order valence-electron chi connectivity index (χ0n) is 13.4. The van der Waals surface area contributed by atoms with Gasteiger partial charge in [0.25, 0.3) is 0 Å². The Morgan fingerprint density at radius 1 is 1.19 bits per heavy atom. The van der Waals surface area contributed by atoms with E-state index in [0.29, 0.717) is 13.1 Å². The molecule has 1 rings (SSSR count). The van der Waals surface area contributed by atoms with Gasteiger partial charge in [-0.25, -0.2) is 4.79 Å². The minimum Gasteiger partial charge on any atom is -0.453 e. The van der Waals surface area contributed by atoms with Gasteiger partial charge in [-0.05, 0) is 23.1 Å². The quantitative estimate of drug-likeness (QED) is 0.928. The molecule has 0 atom stereocenters. The van der Waals surface area contributed by atoms with Crippen molar-refractivity contribution in [3.05, 3.63) is 29.8 Å². The topological polar surface area (TPSA) is 58.6 Å². The predicted molar refractivity (Wildman–Crippen MR) is 83.6 cm³/mol. The first-order chi connectivity index (χ1) is 9.75. The summed E-state index contributed by atoms with van der Waals surface area (Å²) in [6, 6.07) is 7.91. The predicted octanol–water partition coefficient (Wildman–Crippen LogP) is 2.69. The molecular weight excluding hydrogens is 268 g/mol. The number of benzene rings is 1. The molecule has 0 aliphatic heterocycles. The molecule has 21 heavy (non-hydrogen) atoms. The number of amides is 2. The lowest BCUT2D eigenvalue weighted by molar-refractivity contribution is -0.116. The standard InChI is InChI=1S/C16H24N2O3/c1-12(19)18(11-10-17-15(20)21-5)14-8-6-13(7-9-14)16(2,3)4/h6-9H,10-11H2,1-5H3,(H,17,20). The summed E-state index contributed by atoms with van der Waals surface area (Å²) in [6.45, 7) is 8.68. The summed E-state index contributed by atoms with van der Waals surface area (Å²) < 4.78 is 4.50. The number of hydrogen-bond acceptors (Lipinski definition) is 3. The Labute approximate surface area is 126 Å². The summed E-state index contributed by atoms with van der Waals surface area (Å²) in [5.41, 5.74) is 2.11. The maximum Gasteiger partial charge on any atom is 0.406 e. The van der Waals surface area contributed by atoms with Crippen LogP contribution in [-0.4, -0.2) is 32.2 Å². The molecule has 0 spiro atoms. The molecule has 0 heterocycles. The fourth-order valence-electron chi connectivity index (χ4n) is 1.95. The fourth-order valence-corrected chi connectivity index (χ4v) is 1.95. The van der Waals surface area contributed by atoms with Crippen molar-refractivity contribution in [3.8, 4) is 0 Å². The van der Waals surface area contributed by atoms with Crippen LogP contribution in [0.15, 0.2) is 24.3 Å². The average molecular weight is 292 g/mol. The van der Waals surface area contributed by atoms with E-state index in [9.17, 15) is 9.59 Å². The van der Waals surface area contributed by atoms with E-state index >= 15 is 0 Å². The Balaban J connectivity index is 2.77. The Bertz CT molecular complexity index is 489. The number of rotatable bonds is 4. The Morgan fingerprint density at radius 2 is 1.76 bits per heavy atom. The van der Waals surface area contributed by atoms with E-state index < -0.39 is 6.09 Å². The molecule has 0 bridgehead atoms. The van der Waals surface area contributed by atoms with Crippen molar-refractivity contribution in [1.82, 2.24) is 5.32 Å². The van der Waals surface area contributed by atoms with Gasteiger partial charge >= 0.3 is 6.09 Å². The molecule has 1 aromatic rings. The largest absolute Gasteiger partial charge is 0.453 e. The first kappa shape index (κ1) is 17.0. The van der Waals surface area contributed by atoms with Crippen molar-refractivity contribution in [1.29, 1.82) is 0 Å². The van der Waals surface area contributed by atoms with Gasteiger partial charge in [0.2, 0.25) is 5.91 Å². The first-order valence-corrected chi connectivity index (χ1v) is 6.96. The van der Waals surface area contributed by atoms with Crippen LogP contribution >= 0.6 is 0 Å². The van der Waals surface area contributed by atoms with Crippen LogP contribution in [0.25, 0.3) is 0 Å². The number of hydrogen-bond donors (Lipinski definition) is 1. The molecule has 5 heteroatoms. The van der Waals surface area contributed by atoms with Crippen LogP contribution in [0.3, 0.4) is 0 Å². The molecular formula is C16H24N2O3. The van der Waals surface area contributed by atoms with Crippen LogP contribution in [0.2, 0.25) is 0 Å². The van der Waals surface area contributed by atoms with Crippen LogP contribution in [0.1, 0.15) is 33.3 Å². The third-order valence-electron chi connectivity index (χ3n) is 3.22. The van der Waals surface area contributed by atoms with Crippen LogP contribution < -0.4 is 10.2 Å². The van der Waals surface area contributed by atoms with Crippen molar-refractivity contribution < 1.29 is 14.3 Å². The Morgan fingerprint density at radius 3 is 2.19 bits per heavy atom. The van der Waals surface area contributed by atoms with Gasteiger partial charge in [0.15, 0.2) is 0 Å². The molecule has 0 saturated heterocycles. The SMILES string of the molecule is COC(=O)NCCN(C(C)=O)c1ccc(C(C)(C)C)cc1. The third kappa shape index (κ3) is 5.10. The molecule has 0 fully saturated rings. The molecule has 116 valence electrons. The van der Waals surface area contributed by atoms with Crippen LogP contribution in [0.4, 0.5) is 10.5 Å². The van der Waals surface area contributed by atoms with Crippen LogP contribution in [0.5, 0.6) is 0 Å². The molecule has 2 amide bonds.